The van der Waals surface area contributed by atoms with Gasteiger partial charge in [-0.3, -0.25) is 0 Å². The largest absolute Gasteiger partial charge is 0.437 e. The van der Waals surface area contributed by atoms with E-state index < -0.39 is 0 Å². The van der Waals surface area contributed by atoms with Crippen LogP contribution in [0.15, 0.2) is 84.4 Å². The van der Waals surface area contributed by atoms with Gasteiger partial charge in [-0.15, -0.1) is 11.3 Å². The number of ether oxygens (including phenoxy) is 1. The zero-order valence-corrected chi connectivity index (χ0v) is 22.6. The van der Waals surface area contributed by atoms with E-state index in [0.29, 0.717) is 17.3 Å². The molecule has 2 aromatic heterocycles. The lowest BCUT2D eigenvalue weighted by Crippen LogP contribution is -2.21. The number of benzene rings is 2. The number of nitrogens with one attached hydrogen (secondary N) is 2. The summed E-state index contributed by atoms with van der Waals surface area (Å²) >= 11 is 1.78. The molecule has 4 rings (SSSR count). The monoisotopic (exact) mass is 514 g/mol. The van der Waals surface area contributed by atoms with Crippen LogP contribution in [-0.4, -0.2) is 29.5 Å². The number of rotatable bonds is 9. The maximum absolute atomic E-state index is 12.8. The maximum atomic E-state index is 12.8. The predicted molar refractivity (Wildman–Crippen MR) is 153 cm³/mol. The van der Waals surface area contributed by atoms with Crippen LogP contribution < -0.4 is 15.4 Å². The van der Waals surface area contributed by atoms with Gasteiger partial charge in [0.25, 0.3) is 0 Å². The number of likely N-dealkylation sites (N-methyl/N-ethyl adjacent to an activating group) is 1. The smallest absolute Gasteiger partial charge is 0.323 e. The third kappa shape index (κ3) is 7.65. The number of anilines is 2. The summed E-state index contributed by atoms with van der Waals surface area (Å²) in [5.41, 5.74) is 3.41. The zero-order chi connectivity index (χ0) is 26.3. The molecular formula is C30H34N4O2S. The molecule has 4 aromatic rings. The molecule has 0 saturated heterocycles. The number of para-hydroxylation sites is 1. The summed E-state index contributed by atoms with van der Waals surface area (Å²) in [6.07, 6.45) is 2.59. The number of pyridine rings is 1. The van der Waals surface area contributed by atoms with Crippen LogP contribution in [0.3, 0.4) is 0 Å². The van der Waals surface area contributed by atoms with Crippen molar-refractivity contribution in [3.63, 3.8) is 0 Å². The highest BCUT2D eigenvalue weighted by atomic mass is 32.1. The average molecular weight is 515 g/mol. The van der Waals surface area contributed by atoms with E-state index in [4.69, 9.17) is 4.74 Å². The number of urea groups is 1. The van der Waals surface area contributed by atoms with Crippen molar-refractivity contribution in [3.8, 4) is 11.6 Å². The van der Waals surface area contributed by atoms with Gasteiger partial charge in [-0.25, -0.2) is 9.78 Å². The molecule has 2 N–H and O–H groups in total. The van der Waals surface area contributed by atoms with Crippen LogP contribution in [0.2, 0.25) is 0 Å². The van der Waals surface area contributed by atoms with Crippen LogP contribution in [-0.2, 0) is 18.4 Å². The van der Waals surface area contributed by atoms with E-state index >= 15 is 0 Å². The molecule has 2 aromatic carbocycles. The number of nitrogens with zero attached hydrogens (tertiary/aromatic N) is 2. The Morgan fingerprint density at radius 1 is 0.973 bits per heavy atom. The van der Waals surface area contributed by atoms with Gasteiger partial charge in [0.2, 0.25) is 5.88 Å². The second kappa shape index (κ2) is 12.0. The van der Waals surface area contributed by atoms with Crippen molar-refractivity contribution in [1.29, 1.82) is 0 Å². The molecule has 2 amide bonds. The fraction of sp³-hybridized carbons (Fsp3) is 0.267. The van der Waals surface area contributed by atoms with Gasteiger partial charge in [-0.2, -0.15) is 0 Å². The van der Waals surface area contributed by atoms with Crippen LogP contribution in [0.4, 0.5) is 16.2 Å². The van der Waals surface area contributed by atoms with Gasteiger partial charge in [-0.1, -0.05) is 57.2 Å². The second-order valence-electron chi connectivity index (χ2n) is 10.0. The minimum Gasteiger partial charge on any atom is -0.437 e. The minimum absolute atomic E-state index is 0.0952. The standard InChI is InChI=1S/C30H34N4O2S/c1-30(2,3)25-10-5-6-12-27(25)36-28-26(11-7-18-31-28)33-29(35)32-23-15-13-22(14-16-23)17-19-34(4)21-24-9-8-20-37-24/h5-16,18,20H,17,19,21H2,1-4H3,(H2,32,33,35). The Hall–Kier alpha value is -3.68. The van der Waals surface area contributed by atoms with Crippen LogP contribution in [0.25, 0.3) is 0 Å². The topological polar surface area (TPSA) is 66.5 Å². The molecule has 0 unspecified atom stereocenters. The highest BCUT2D eigenvalue weighted by Gasteiger charge is 2.20. The third-order valence-corrected chi connectivity index (χ3v) is 6.78. The lowest BCUT2D eigenvalue weighted by molar-refractivity contribution is 0.262. The maximum Gasteiger partial charge on any atom is 0.323 e. The van der Waals surface area contributed by atoms with Crippen molar-refractivity contribution < 1.29 is 9.53 Å². The van der Waals surface area contributed by atoms with Gasteiger partial charge in [0.1, 0.15) is 11.4 Å². The molecule has 0 saturated carbocycles. The summed E-state index contributed by atoms with van der Waals surface area (Å²) in [7, 11) is 2.14. The molecule has 0 aliphatic heterocycles. The van der Waals surface area contributed by atoms with E-state index in [9.17, 15) is 4.79 Å². The van der Waals surface area contributed by atoms with Crippen LogP contribution >= 0.6 is 11.3 Å². The van der Waals surface area contributed by atoms with E-state index in [-0.39, 0.29) is 11.4 Å². The van der Waals surface area contributed by atoms with Crippen molar-refractivity contribution in [2.75, 3.05) is 24.2 Å². The zero-order valence-electron chi connectivity index (χ0n) is 21.8. The Bertz CT molecular complexity index is 1300. The van der Waals surface area contributed by atoms with Crippen molar-refractivity contribution in [2.45, 2.75) is 39.2 Å². The number of thiophene rings is 1. The quantitative estimate of drug-likeness (QED) is 0.242. The van der Waals surface area contributed by atoms with Crippen LogP contribution in [0.1, 0.15) is 36.8 Å². The molecule has 6 nitrogen and oxygen atoms in total. The number of amides is 2. The summed E-state index contributed by atoms with van der Waals surface area (Å²) in [6, 6.07) is 23.3. The van der Waals surface area contributed by atoms with Gasteiger partial charge < -0.3 is 20.3 Å². The predicted octanol–water partition coefficient (Wildman–Crippen LogP) is 7.55. The van der Waals surface area contributed by atoms with E-state index in [1.807, 2.05) is 36.4 Å². The molecule has 0 atom stereocenters. The summed E-state index contributed by atoms with van der Waals surface area (Å²) < 4.78 is 6.16. The number of aromatic nitrogens is 1. The number of carbonyl (C=O) groups excluding carboxylic acids is 1. The highest BCUT2D eigenvalue weighted by molar-refractivity contribution is 7.09. The van der Waals surface area contributed by atoms with Gasteiger partial charge in [0, 0.05) is 35.4 Å². The summed E-state index contributed by atoms with van der Waals surface area (Å²) in [4.78, 5) is 20.8. The summed E-state index contributed by atoms with van der Waals surface area (Å²) in [5, 5.41) is 7.88. The molecule has 192 valence electrons. The fourth-order valence-electron chi connectivity index (χ4n) is 3.95. The van der Waals surface area contributed by atoms with Crippen molar-refractivity contribution in [1.82, 2.24) is 9.88 Å². The lowest BCUT2D eigenvalue weighted by Gasteiger charge is -2.22. The molecule has 0 aliphatic carbocycles. The highest BCUT2D eigenvalue weighted by Crippen LogP contribution is 2.35. The Morgan fingerprint density at radius 2 is 1.76 bits per heavy atom. The van der Waals surface area contributed by atoms with Gasteiger partial charge in [0.05, 0.1) is 0 Å². The van der Waals surface area contributed by atoms with E-state index in [1.54, 1.807) is 29.7 Å². The van der Waals surface area contributed by atoms with E-state index in [1.165, 1.54) is 10.4 Å². The molecule has 0 radical (unpaired) electrons. The first-order chi connectivity index (χ1) is 17.8. The molecule has 7 heteroatoms. The van der Waals surface area contributed by atoms with E-state index in [0.717, 1.165) is 30.8 Å². The number of carbonyl (C=O) groups is 1. The molecule has 0 aliphatic rings. The average Bonchev–Trinajstić information content (AvgIpc) is 3.37. The van der Waals surface area contributed by atoms with Gasteiger partial charge in [-0.05, 0) is 66.2 Å². The Balaban J connectivity index is 1.34. The number of hydrogen-bond acceptors (Lipinski definition) is 5. The van der Waals surface area contributed by atoms with Crippen molar-refractivity contribution in [3.05, 3.63) is 100 Å². The van der Waals surface area contributed by atoms with E-state index in [2.05, 4.69) is 78.0 Å². The van der Waals surface area contributed by atoms with Crippen molar-refractivity contribution >= 4 is 28.7 Å². The molecular weight excluding hydrogens is 480 g/mol. The van der Waals surface area contributed by atoms with Gasteiger partial charge in [0.15, 0.2) is 0 Å². The molecule has 0 bridgehead atoms. The van der Waals surface area contributed by atoms with Crippen molar-refractivity contribution in [2.24, 2.45) is 0 Å². The van der Waals surface area contributed by atoms with Crippen LogP contribution in [0, 0.1) is 0 Å². The minimum atomic E-state index is -0.356. The SMILES string of the molecule is CN(CCc1ccc(NC(=O)Nc2cccnc2Oc2ccccc2C(C)(C)C)cc1)Cc1cccs1. The second-order valence-corrected chi connectivity index (χ2v) is 11.1. The molecule has 0 fully saturated rings. The Morgan fingerprint density at radius 3 is 2.49 bits per heavy atom. The Kier molecular flexibility index (Phi) is 8.58. The first-order valence-electron chi connectivity index (χ1n) is 12.4. The third-order valence-electron chi connectivity index (χ3n) is 5.92. The summed E-state index contributed by atoms with van der Waals surface area (Å²) in [5.74, 6) is 1.06. The molecule has 0 spiro atoms. The molecule has 2 heterocycles. The first kappa shape index (κ1) is 26.4. The number of hydrogen-bond donors (Lipinski definition) is 2. The summed E-state index contributed by atoms with van der Waals surface area (Å²) in [6.45, 7) is 8.32. The fourth-order valence-corrected chi connectivity index (χ4v) is 4.74. The normalized spacial score (nSPS) is 11.4. The Labute approximate surface area is 223 Å². The first-order valence-corrected chi connectivity index (χ1v) is 13.3. The molecule has 37 heavy (non-hydrogen) atoms. The van der Waals surface area contributed by atoms with Crippen LogP contribution in [0.5, 0.6) is 11.6 Å². The lowest BCUT2D eigenvalue weighted by atomic mass is 9.86. The van der Waals surface area contributed by atoms with Gasteiger partial charge >= 0.3 is 6.03 Å².